The van der Waals surface area contributed by atoms with Gasteiger partial charge in [-0.3, -0.25) is 9.36 Å². The lowest BCUT2D eigenvalue weighted by atomic mass is 10.2. The van der Waals surface area contributed by atoms with Gasteiger partial charge in [0.2, 0.25) is 5.82 Å². The van der Waals surface area contributed by atoms with E-state index >= 15 is 0 Å². The van der Waals surface area contributed by atoms with Gasteiger partial charge in [0.25, 0.3) is 0 Å². The first kappa shape index (κ1) is 17.8. The molecule has 0 aliphatic rings. The summed E-state index contributed by atoms with van der Waals surface area (Å²) in [5, 5.41) is 11.4. The Balaban J connectivity index is 1.49. The van der Waals surface area contributed by atoms with Crippen molar-refractivity contribution in [3.8, 4) is 17.3 Å². The fourth-order valence-corrected chi connectivity index (χ4v) is 4.28. The lowest BCUT2D eigenvalue weighted by Gasteiger charge is -2.08. The Hall–Kier alpha value is -2.64. The van der Waals surface area contributed by atoms with Crippen molar-refractivity contribution in [3.05, 3.63) is 71.1 Å². The molecule has 0 aliphatic carbocycles. The van der Waals surface area contributed by atoms with Gasteiger partial charge in [0.15, 0.2) is 16.7 Å². The highest BCUT2D eigenvalue weighted by Crippen LogP contribution is 2.28. The Morgan fingerprint density at radius 3 is 2.70 bits per heavy atom. The van der Waals surface area contributed by atoms with Crippen LogP contribution in [0.1, 0.15) is 22.5 Å². The average molecular weight is 396 g/mol. The number of ketones is 1. The molecule has 0 amide bonds. The van der Waals surface area contributed by atoms with Gasteiger partial charge in [-0.25, -0.2) is 0 Å². The summed E-state index contributed by atoms with van der Waals surface area (Å²) in [6.07, 6.45) is 2.96. The molecule has 0 saturated heterocycles. The molecule has 0 atom stereocenters. The van der Waals surface area contributed by atoms with Crippen LogP contribution in [0.25, 0.3) is 17.3 Å². The Morgan fingerprint density at radius 1 is 1.07 bits per heavy atom. The maximum absolute atomic E-state index is 12.1. The number of para-hydroxylation sites is 1. The SMILES string of the molecule is O=C(CCCSc1nnc(-c2ccco2)n1-c1ccccc1)c1cccs1. The number of furan rings is 1. The van der Waals surface area contributed by atoms with Crippen molar-refractivity contribution in [1.82, 2.24) is 14.8 Å². The van der Waals surface area contributed by atoms with Gasteiger partial charge >= 0.3 is 0 Å². The van der Waals surface area contributed by atoms with Crippen LogP contribution < -0.4 is 0 Å². The van der Waals surface area contributed by atoms with Gasteiger partial charge < -0.3 is 4.42 Å². The van der Waals surface area contributed by atoms with Gasteiger partial charge in [-0.05, 0) is 42.1 Å². The number of hydrogen-bond acceptors (Lipinski definition) is 6. The molecule has 1 aromatic carbocycles. The predicted molar refractivity (Wildman–Crippen MR) is 108 cm³/mol. The summed E-state index contributed by atoms with van der Waals surface area (Å²) in [6, 6.07) is 17.5. The fourth-order valence-electron chi connectivity index (χ4n) is 2.70. The van der Waals surface area contributed by atoms with Crippen LogP contribution in [0.3, 0.4) is 0 Å². The molecular weight excluding hydrogens is 378 g/mol. The zero-order valence-electron chi connectivity index (χ0n) is 14.4. The van der Waals surface area contributed by atoms with Crippen molar-refractivity contribution in [1.29, 1.82) is 0 Å². The molecule has 0 radical (unpaired) electrons. The molecule has 0 bridgehead atoms. The topological polar surface area (TPSA) is 60.9 Å². The van der Waals surface area contributed by atoms with Crippen molar-refractivity contribution in [3.63, 3.8) is 0 Å². The van der Waals surface area contributed by atoms with Crippen molar-refractivity contribution in [2.24, 2.45) is 0 Å². The number of carbonyl (C=O) groups excluding carboxylic acids is 1. The number of Topliss-reactive ketones (excluding diaryl/α,β-unsaturated/α-hetero) is 1. The van der Waals surface area contributed by atoms with Gasteiger partial charge in [0.05, 0.1) is 11.1 Å². The van der Waals surface area contributed by atoms with E-state index in [1.54, 1.807) is 18.0 Å². The first-order chi connectivity index (χ1) is 13.3. The summed E-state index contributed by atoms with van der Waals surface area (Å²) in [5.41, 5.74) is 0.978. The zero-order chi connectivity index (χ0) is 18.5. The molecule has 136 valence electrons. The van der Waals surface area contributed by atoms with E-state index in [2.05, 4.69) is 10.2 Å². The lowest BCUT2D eigenvalue weighted by Crippen LogP contribution is -2.00. The third-order valence-electron chi connectivity index (χ3n) is 3.96. The molecule has 7 heteroatoms. The number of thioether (sulfide) groups is 1. The third kappa shape index (κ3) is 4.04. The smallest absolute Gasteiger partial charge is 0.205 e. The van der Waals surface area contributed by atoms with E-state index in [0.29, 0.717) is 18.0 Å². The first-order valence-corrected chi connectivity index (χ1v) is 10.4. The third-order valence-corrected chi connectivity index (χ3v) is 5.89. The Bertz CT molecular complexity index is 993. The fraction of sp³-hybridized carbons (Fsp3) is 0.150. The van der Waals surface area contributed by atoms with Crippen molar-refractivity contribution >= 4 is 28.9 Å². The maximum Gasteiger partial charge on any atom is 0.205 e. The van der Waals surface area contributed by atoms with E-state index in [0.717, 1.165) is 27.9 Å². The minimum atomic E-state index is 0.200. The highest BCUT2D eigenvalue weighted by Gasteiger charge is 2.18. The quantitative estimate of drug-likeness (QED) is 0.229. The number of aromatic nitrogens is 3. The van der Waals surface area contributed by atoms with Crippen LogP contribution in [0.15, 0.2) is 75.8 Å². The average Bonchev–Trinajstić information content (AvgIpc) is 3.47. The standard InChI is InChI=1S/C20H17N3O2S2/c24-16(18-11-6-13-26-18)9-5-14-27-20-22-21-19(17-10-4-12-25-17)23(20)15-7-2-1-3-8-15/h1-4,6-8,10-13H,5,9,14H2. The van der Waals surface area contributed by atoms with Gasteiger partial charge in [-0.2, -0.15) is 0 Å². The molecule has 27 heavy (non-hydrogen) atoms. The molecule has 0 aliphatic heterocycles. The molecule has 0 saturated carbocycles. The molecule has 0 fully saturated rings. The first-order valence-electron chi connectivity index (χ1n) is 8.57. The number of thiophene rings is 1. The van der Waals surface area contributed by atoms with E-state index in [-0.39, 0.29) is 5.78 Å². The van der Waals surface area contributed by atoms with Crippen LogP contribution in [0.5, 0.6) is 0 Å². The molecule has 3 heterocycles. The molecule has 0 spiro atoms. The van der Waals surface area contributed by atoms with Crippen LogP contribution in [0.4, 0.5) is 0 Å². The second-order valence-corrected chi connectivity index (χ2v) is 7.82. The van der Waals surface area contributed by atoms with E-state index in [1.165, 1.54) is 11.3 Å². The summed E-state index contributed by atoms with van der Waals surface area (Å²) in [6.45, 7) is 0. The molecule has 4 aromatic rings. The lowest BCUT2D eigenvalue weighted by molar-refractivity contribution is 0.0986. The Kier molecular flexibility index (Phi) is 5.50. The second-order valence-electron chi connectivity index (χ2n) is 5.81. The minimum Gasteiger partial charge on any atom is -0.461 e. The van der Waals surface area contributed by atoms with Crippen molar-refractivity contribution in [2.45, 2.75) is 18.0 Å². The number of hydrogen-bond donors (Lipinski definition) is 0. The van der Waals surface area contributed by atoms with Crippen molar-refractivity contribution < 1.29 is 9.21 Å². The zero-order valence-corrected chi connectivity index (χ0v) is 16.1. The van der Waals surface area contributed by atoms with Crippen LogP contribution in [-0.2, 0) is 0 Å². The molecule has 5 nitrogen and oxygen atoms in total. The van der Waals surface area contributed by atoms with Gasteiger partial charge in [0, 0.05) is 17.9 Å². The molecule has 4 rings (SSSR count). The van der Waals surface area contributed by atoms with Gasteiger partial charge in [-0.1, -0.05) is 36.0 Å². The van der Waals surface area contributed by atoms with Crippen LogP contribution in [0, 0.1) is 0 Å². The summed E-state index contributed by atoms with van der Waals surface area (Å²) >= 11 is 3.09. The van der Waals surface area contributed by atoms with Crippen LogP contribution >= 0.6 is 23.1 Å². The monoisotopic (exact) mass is 395 g/mol. The van der Waals surface area contributed by atoms with E-state index in [1.807, 2.05) is 64.5 Å². The molecular formula is C20H17N3O2S2. The maximum atomic E-state index is 12.1. The Morgan fingerprint density at radius 2 is 1.96 bits per heavy atom. The minimum absolute atomic E-state index is 0.200. The summed E-state index contributed by atoms with van der Waals surface area (Å²) < 4.78 is 7.51. The number of benzene rings is 1. The highest BCUT2D eigenvalue weighted by atomic mass is 32.2. The molecule has 3 aromatic heterocycles. The number of rotatable bonds is 8. The number of carbonyl (C=O) groups is 1. The summed E-state index contributed by atoms with van der Waals surface area (Å²) in [7, 11) is 0. The summed E-state index contributed by atoms with van der Waals surface area (Å²) in [5.74, 6) is 2.33. The summed E-state index contributed by atoms with van der Waals surface area (Å²) in [4.78, 5) is 12.9. The van der Waals surface area contributed by atoms with E-state index in [9.17, 15) is 4.79 Å². The van der Waals surface area contributed by atoms with E-state index in [4.69, 9.17) is 4.42 Å². The highest BCUT2D eigenvalue weighted by molar-refractivity contribution is 7.99. The largest absolute Gasteiger partial charge is 0.461 e. The van der Waals surface area contributed by atoms with E-state index < -0.39 is 0 Å². The van der Waals surface area contributed by atoms with Gasteiger partial charge in [0.1, 0.15) is 0 Å². The van der Waals surface area contributed by atoms with Gasteiger partial charge in [-0.15, -0.1) is 21.5 Å². The Labute approximate surface area is 165 Å². The normalized spacial score (nSPS) is 11.0. The van der Waals surface area contributed by atoms with Crippen LogP contribution in [-0.4, -0.2) is 26.3 Å². The molecule has 0 unspecified atom stereocenters. The second kappa shape index (κ2) is 8.37. The molecule has 0 N–H and O–H groups in total. The van der Waals surface area contributed by atoms with Crippen LogP contribution in [0.2, 0.25) is 0 Å². The van der Waals surface area contributed by atoms with Crippen molar-refractivity contribution in [2.75, 3.05) is 5.75 Å². The predicted octanol–water partition coefficient (Wildman–Crippen LogP) is 5.34. The number of nitrogens with zero attached hydrogens (tertiary/aromatic N) is 3.